The molecule has 0 radical (unpaired) electrons. The van der Waals surface area contributed by atoms with Crippen LogP contribution in [0, 0.1) is 0 Å². The third-order valence-electron chi connectivity index (χ3n) is 4.28. The average Bonchev–Trinajstić information content (AvgIpc) is 3.37. The molecule has 10 nitrogen and oxygen atoms in total. The molecule has 1 saturated heterocycles. The van der Waals surface area contributed by atoms with E-state index >= 15 is 0 Å². The van der Waals surface area contributed by atoms with Gasteiger partial charge in [-0.15, -0.1) is 10.2 Å². The lowest BCUT2D eigenvalue weighted by Gasteiger charge is -2.22. The molecule has 132 valence electrons. The molecule has 0 unspecified atom stereocenters. The lowest BCUT2D eigenvalue weighted by molar-refractivity contribution is 0.337. The Hall–Kier alpha value is -2.27. The first kappa shape index (κ1) is 16.2. The van der Waals surface area contributed by atoms with Crippen LogP contribution >= 0.6 is 11.8 Å². The number of tetrazole rings is 1. The summed E-state index contributed by atoms with van der Waals surface area (Å²) in [5.41, 5.74) is 0.814. The lowest BCUT2D eigenvalue weighted by Crippen LogP contribution is -2.29. The van der Waals surface area contributed by atoms with Gasteiger partial charge in [0.25, 0.3) is 0 Å². The van der Waals surface area contributed by atoms with Gasteiger partial charge in [-0.3, -0.25) is 0 Å². The number of rotatable bonds is 6. The highest BCUT2D eigenvalue weighted by Gasteiger charge is 2.18. The van der Waals surface area contributed by atoms with E-state index in [1.54, 1.807) is 22.6 Å². The minimum atomic E-state index is 0.421. The van der Waals surface area contributed by atoms with Gasteiger partial charge in [0, 0.05) is 31.7 Å². The maximum absolute atomic E-state index is 4.46. The van der Waals surface area contributed by atoms with Gasteiger partial charge in [-0.1, -0.05) is 17.0 Å². The molecule has 25 heavy (non-hydrogen) atoms. The zero-order valence-electron chi connectivity index (χ0n) is 14.0. The van der Waals surface area contributed by atoms with Crippen molar-refractivity contribution in [3.05, 3.63) is 18.6 Å². The minimum Gasteiger partial charge on any atom is -0.329 e. The van der Waals surface area contributed by atoms with Crippen LogP contribution in [0.15, 0.2) is 23.7 Å². The van der Waals surface area contributed by atoms with Crippen LogP contribution in [-0.2, 0) is 13.6 Å². The van der Waals surface area contributed by atoms with Crippen molar-refractivity contribution in [3.63, 3.8) is 0 Å². The molecule has 1 aliphatic rings. The number of thioether (sulfide) groups is 1. The summed E-state index contributed by atoms with van der Waals surface area (Å²) in [7, 11) is 1.84. The van der Waals surface area contributed by atoms with Crippen molar-refractivity contribution >= 4 is 11.8 Å². The SMILES string of the molecule is Cn1nnnc1SCCn1ccnc1-c1cn(C2CCNCC2)nn1. The van der Waals surface area contributed by atoms with Crippen LogP contribution in [0.5, 0.6) is 0 Å². The molecule has 0 saturated carbocycles. The molecule has 1 fully saturated rings. The maximum Gasteiger partial charge on any atom is 0.209 e. The summed E-state index contributed by atoms with van der Waals surface area (Å²) in [5, 5.41) is 24.3. The van der Waals surface area contributed by atoms with Crippen LogP contribution in [-0.4, -0.2) is 63.6 Å². The molecule has 0 spiro atoms. The Kier molecular flexibility index (Phi) is 4.74. The number of aryl methyl sites for hydroxylation is 2. The standard InChI is InChI=1S/C14H20N10S/c1-22-14(18-19-21-22)25-9-8-23-7-6-16-13(23)12-10-24(20-17-12)11-2-4-15-5-3-11/h6-7,10-11,15H,2-5,8-9H2,1H3. The van der Waals surface area contributed by atoms with Crippen molar-refractivity contribution in [2.45, 2.75) is 30.6 Å². The number of hydrogen-bond donors (Lipinski definition) is 1. The van der Waals surface area contributed by atoms with E-state index < -0.39 is 0 Å². The van der Waals surface area contributed by atoms with E-state index in [4.69, 9.17) is 0 Å². The third kappa shape index (κ3) is 3.56. The first-order chi connectivity index (χ1) is 12.3. The number of nitrogens with zero attached hydrogens (tertiary/aromatic N) is 9. The number of hydrogen-bond acceptors (Lipinski definition) is 8. The number of aromatic nitrogens is 9. The quantitative estimate of drug-likeness (QED) is 0.629. The second-order valence-corrected chi connectivity index (χ2v) is 7.00. The Morgan fingerprint density at radius 1 is 1.24 bits per heavy atom. The van der Waals surface area contributed by atoms with E-state index in [0.29, 0.717) is 6.04 Å². The number of imidazole rings is 1. The van der Waals surface area contributed by atoms with Crippen LogP contribution in [0.2, 0.25) is 0 Å². The summed E-state index contributed by atoms with van der Waals surface area (Å²) in [4.78, 5) is 4.46. The first-order valence-electron chi connectivity index (χ1n) is 8.30. The summed E-state index contributed by atoms with van der Waals surface area (Å²) in [6, 6.07) is 0.421. The van der Waals surface area contributed by atoms with Gasteiger partial charge in [-0.25, -0.2) is 14.3 Å². The molecule has 0 atom stereocenters. The normalized spacial score (nSPS) is 15.7. The minimum absolute atomic E-state index is 0.421. The molecule has 0 aliphatic carbocycles. The van der Waals surface area contributed by atoms with Gasteiger partial charge >= 0.3 is 0 Å². The highest BCUT2D eigenvalue weighted by Crippen LogP contribution is 2.21. The molecular weight excluding hydrogens is 340 g/mol. The largest absolute Gasteiger partial charge is 0.329 e. The number of nitrogens with one attached hydrogen (secondary N) is 1. The molecule has 0 amide bonds. The summed E-state index contributed by atoms with van der Waals surface area (Å²) < 4.78 is 5.74. The molecule has 1 N–H and O–H groups in total. The predicted octanol–water partition coefficient (Wildman–Crippen LogP) is 0.382. The van der Waals surface area contributed by atoms with Crippen LogP contribution in [0.4, 0.5) is 0 Å². The number of piperidine rings is 1. The van der Waals surface area contributed by atoms with Crippen molar-refractivity contribution in [1.82, 2.24) is 50.1 Å². The van der Waals surface area contributed by atoms with Gasteiger partial charge in [0.1, 0.15) is 5.69 Å². The third-order valence-corrected chi connectivity index (χ3v) is 5.27. The molecule has 0 bridgehead atoms. The van der Waals surface area contributed by atoms with Crippen molar-refractivity contribution in [3.8, 4) is 11.5 Å². The predicted molar refractivity (Wildman–Crippen MR) is 91.9 cm³/mol. The van der Waals surface area contributed by atoms with Crippen LogP contribution in [0.25, 0.3) is 11.5 Å². The molecule has 0 aromatic carbocycles. The molecule has 3 aromatic rings. The Balaban J connectivity index is 1.42. The topological polar surface area (TPSA) is 104 Å². The zero-order chi connectivity index (χ0) is 17.1. The van der Waals surface area contributed by atoms with Gasteiger partial charge in [-0.05, 0) is 36.4 Å². The highest BCUT2D eigenvalue weighted by atomic mass is 32.2. The van der Waals surface area contributed by atoms with Crippen molar-refractivity contribution < 1.29 is 0 Å². The van der Waals surface area contributed by atoms with E-state index in [9.17, 15) is 0 Å². The summed E-state index contributed by atoms with van der Waals surface area (Å²) in [5.74, 6) is 1.69. The fourth-order valence-corrected chi connectivity index (χ4v) is 3.72. The van der Waals surface area contributed by atoms with E-state index in [1.165, 1.54) is 0 Å². The Labute approximate surface area is 149 Å². The lowest BCUT2D eigenvalue weighted by atomic mass is 10.1. The van der Waals surface area contributed by atoms with E-state index in [-0.39, 0.29) is 0 Å². The molecule has 3 aromatic heterocycles. The first-order valence-corrected chi connectivity index (χ1v) is 9.29. The molecule has 4 rings (SSSR count). The summed E-state index contributed by atoms with van der Waals surface area (Å²) >= 11 is 1.61. The van der Waals surface area contributed by atoms with Crippen LogP contribution in [0.1, 0.15) is 18.9 Å². The van der Waals surface area contributed by atoms with Crippen LogP contribution in [0.3, 0.4) is 0 Å². The van der Waals surface area contributed by atoms with Gasteiger partial charge in [0.05, 0.1) is 12.2 Å². The van der Waals surface area contributed by atoms with E-state index in [1.807, 2.05) is 24.1 Å². The molecule has 11 heteroatoms. The molecular formula is C14H20N10S. The second kappa shape index (κ2) is 7.31. The second-order valence-electron chi connectivity index (χ2n) is 5.94. The van der Waals surface area contributed by atoms with Gasteiger partial charge in [0.2, 0.25) is 5.16 Å². The molecule has 1 aliphatic heterocycles. The van der Waals surface area contributed by atoms with Gasteiger partial charge < -0.3 is 9.88 Å². The van der Waals surface area contributed by atoms with Gasteiger partial charge in [-0.2, -0.15) is 0 Å². The average molecular weight is 360 g/mol. The maximum atomic E-state index is 4.46. The van der Waals surface area contributed by atoms with E-state index in [0.717, 1.165) is 54.9 Å². The van der Waals surface area contributed by atoms with Crippen LogP contribution < -0.4 is 5.32 Å². The Morgan fingerprint density at radius 2 is 2.12 bits per heavy atom. The fraction of sp³-hybridized carbons (Fsp3) is 0.571. The summed E-state index contributed by atoms with van der Waals surface area (Å²) in [6.07, 6.45) is 7.94. The van der Waals surface area contributed by atoms with Crippen molar-refractivity contribution in [2.75, 3.05) is 18.8 Å². The Bertz CT molecular complexity index is 815. The van der Waals surface area contributed by atoms with Crippen molar-refractivity contribution in [1.29, 1.82) is 0 Å². The summed E-state index contributed by atoms with van der Waals surface area (Å²) in [6.45, 7) is 2.86. The van der Waals surface area contributed by atoms with Gasteiger partial charge in [0.15, 0.2) is 5.82 Å². The smallest absolute Gasteiger partial charge is 0.209 e. The fourth-order valence-electron chi connectivity index (χ4n) is 2.93. The highest BCUT2D eigenvalue weighted by molar-refractivity contribution is 7.99. The van der Waals surface area contributed by atoms with Crippen molar-refractivity contribution in [2.24, 2.45) is 7.05 Å². The zero-order valence-corrected chi connectivity index (χ0v) is 14.8. The Morgan fingerprint density at radius 3 is 2.92 bits per heavy atom. The monoisotopic (exact) mass is 360 g/mol. The molecule has 4 heterocycles. The van der Waals surface area contributed by atoms with E-state index in [2.05, 4.69) is 40.7 Å².